The molecule has 170 valence electrons. The van der Waals surface area contributed by atoms with Crippen molar-refractivity contribution in [1.82, 2.24) is 14.2 Å². The van der Waals surface area contributed by atoms with E-state index in [1.165, 1.54) is 30.6 Å². The molecule has 2 aromatic carbocycles. The molecule has 0 amide bonds. The van der Waals surface area contributed by atoms with Gasteiger partial charge in [0.1, 0.15) is 5.82 Å². The van der Waals surface area contributed by atoms with Crippen molar-refractivity contribution in [2.75, 3.05) is 0 Å². The van der Waals surface area contributed by atoms with Gasteiger partial charge in [0.2, 0.25) is 0 Å². The summed E-state index contributed by atoms with van der Waals surface area (Å²) in [6.45, 7) is 0. The first-order chi connectivity index (χ1) is 15.5. The third kappa shape index (κ3) is 4.33. The predicted octanol–water partition coefficient (Wildman–Crippen LogP) is 4.91. The molecule has 0 N–H and O–H groups in total. The lowest BCUT2D eigenvalue weighted by atomic mass is 10.1. The van der Waals surface area contributed by atoms with Crippen molar-refractivity contribution >= 4 is 38.3 Å². The van der Waals surface area contributed by atoms with Crippen LogP contribution >= 0.6 is 11.6 Å². The molecule has 12 heteroatoms. The standard InChI is InChI=1S/C21H12ClF4N3O3S/c22-16-5-2-6-17(23)20(16)19(30)9-14-8-18-12(10-27-14)11-28-29(18)33(31,32)15-4-1-3-13(7-15)21(24,25)26/h1-8,10-11H,9H2. The van der Waals surface area contributed by atoms with Crippen LogP contribution in [0, 0.1) is 5.82 Å². The molecule has 2 heterocycles. The fourth-order valence-electron chi connectivity index (χ4n) is 3.18. The smallest absolute Gasteiger partial charge is 0.294 e. The van der Waals surface area contributed by atoms with E-state index in [1.54, 1.807) is 0 Å². The molecule has 0 atom stereocenters. The Morgan fingerprint density at radius 1 is 1.06 bits per heavy atom. The number of hydrogen-bond donors (Lipinski definition) is 0. The van der Waals surface area contributed by atoms with E-state index in [2.05, 4.69) is 10.1 Å². The molecule has 0 aliphatic carbocycles. The van der Waals surface area contributed by atoms with Crippen LogP contribution in [0.15, 0.2) is 65.8 Å². The van der Waals surface area contributed by atoms with Crippen molar-refractivity contribution in [3.63, 3.8) is 0 Å². The van der Waals surface area contributed by atoms with Gasteiger partial charge < -0.3 is 0 Å². The minimum absolute atomic E-state index is 0.00941. The summed E-state index contributed by atoms with van der Waals surface area (Å²) in [7, 11) is -4.50. The van der Waals surface area contributed by atoms with Crippen molar-refractivity contribution in [2.45, 2.75) is 17.5 Å². The van der Waals surface area contributed by atoms with E-state index in [-0.39, 0.29) is 27.2 Å². The van der Waals surface area contributed by atoms with Gasteiger partial charge in [0, 0.05) is 11.6 Å². The van der Waals surface area contributed by atoms with E-state index in [4.69, 9.17) is 11.6 Å². The van der Waals surface area contributed by atoms with Crippen LogP contribution in [0.4, 0.5) is 17.6 Å². The Bertz CT molecular complexity index is 1480. The van der Waals surface area contributed by atoms with E-state index >= 15 is 0 Å². The Morgan fingerprint density at radius 2 is 1.79 bits per heavy atom. The topological polar surface area (TPSA) is 81.9 Å². The number of hydrogen-bond acceptors (Lipinski definition) is 5. The van der Waals surface area contributed by atoms with Gasteiger partial charge in [-0.15, -0.1) is 0 Å². The van der Waals surface area contributed by atoms with E-state index in [0.717, 1.165) is 24.3 Å². The summed E-state index contributed by atoms with van der Waals surface area (Å²) in [6, 6.07) is 8.28. The number of rotatable bonds is 5. The SMILES string of the molecule is O=C(Cc1cc2c(cn1)cnn2S(=O)(=O)c1cccc(C(F)(F)F)c1)c1c(F)cccc1Cl. The molecule has 4 aromatic rings. The van der Waals surface area contributed by atoms with E-state index in [9.17, 15) is 30.8 Å². The summed E-state index contributed by atoms with van der Waals surface area (Å²) >= 11 is 5.91. The van der Waals surface area contributed by atoms with Gasteiger partial charge in [-0.05, 0) is 36.4 Å². The van der Waals surface area contributed by atoms with Crippen molar-refractivity contribution in [3.05, 3.63) is 88.6 Å². The number of alkyl halides is 3. The normalized spacial score (nSPS) is 12.3. The van der Waals surface area contributed by atoms with Crippen LogP contribution in [0.25, 0.3) is 10.9 Å². The van der Waals surface area contributed by atoms with Crippen molar-refractivity contribution in [2.24, 2.45) is 0 Å². The van der Waals surface area contributed by atoms with E-state index in [0.29, 0.717) is 10.2 Å². The number of aromatic nitrogens is 3. The zero-order valence-corrected chi connectivity index (χ0v) is 17.9. The van der Waals surface area contributed by atoms with Gasteiger partial charge in [-0.3, -0.25) is 9.78 Å². The van der Waals surface area contributed by atoms with Gasteiger partial charge in [-0.25, -0.2) is 4.39 Å². The summed E-state index contributed by atoms with van der Waals surface area (Å²) in [5, 5.41) is 3.97. The second-order valence-electron chi connectivity index (χ2n) is 6.95. The molecule has 2 aromatic heterocycles. The quantitative estimate of drug-likeness (QED) is 0.289. The highest BCUT2D eigenvalue weighted by Crippen LogP contribution is 2.31. The number of pyridine rings is 1. The summed E-state index contributed by atoms with van der Waals surface area (Å²) in [5.74, 6) is -1.50. The summed E-state index contributed by atoms with van der Waals surface area (Å²) in [5.41, 5.74) is -1.38. The fraction of sp³-hybridized carbons (Fsp3) is 0.0952. The predicted molar refractivity (Wildman–Crippen MR) is 111 cm³/mol. The van der Waals surface area contributed by atoms with Gasteiger partial charge in [-0.2, -0.15) is 30.8 Å². The van der Waals surface area contributed by atoms with Gasteiger partial charge in [0.25, 0.3) is 10.0 Å². The molecule has 0 aliphatic heterocycles. The first-order valence-electron chi connectivity index (χ1n) is 9.21. The molecule has 0 spiro atoms. The number of Topliss-reactive ketones (excluding diaryl/α,β-unsaturated/α-hetero) is 1. The number of benzene rings is 2. The number of halogens is 5. The molecule has 33 heavy (non-hydrogen) atoms. The Balaban J connectivity index is 1.74. The zero-order chi connectivity index (χ0) is 24.0. The number of carbonyl (C=O) groups is 1. The third-order valence-corrected chi connectivity index (χ3v) is 6.66. The average Bonchev–Trinajstić information content (AvgIpc) is 3.17. The minimum atomic E-state index is -4.73. The molecule has 0 bridgehead atoms. The van der Waals surface area contributed by atoms with Crippen LogP contribution in [0.3, 0.4) is 0 Å². The number of fused-ring (bicyclic) bond motifs is 1. The maximum Gasteiger partial charge on any atom is 0.416 e. The van der Waals surface area contributed by atoms with Gasteiger partial charge in [0.15, 0.2) is 5.78 Å². The van der Waals surface area contributed by atoms with Crippen LogP contribution in [0.5, 0.6) is 0 Å². The number of ketones is 1. The van der Waals surface area contributed by atoms with Gasteiger partial charge in [0.05, 0.1) is 44.9 Å². The maximum absolute atomic E-state index is 14.0. The second kappa shape index (κ2) is 8.23. The minimum Gasteiger partial charge on any atom is -0.294 e. The van der Waals surface area contributed by atoms with E-state index in [1.807, 2.05) is 0 Å². The molecule has 0 saturated carbocycles. The lowest BCUT2D eigenvalue weighted by molar-refractivity contribution is -0.137. The monoisotopic (exact) mass is 497 g/mol. The van der Waals surface area contributed by atoms with Crippen LogP contribution in [-0.2, 0) is 22.6 Å². The first-order valence-corrected chi connectivity index (χ1v) is 11.0. The van der Waals surface area contributed by atoms with Crippen LogP contribution < -0.4 is 0 Å². The van der Waals surface area contributed by atoms with Crippen LogP contribution in [0.1, 0.15) is 21.6 Å². The van der Waals surface area contributed by atoms with Crippen molar-refractivity contribution < 1.29 is 30.8 Å². The number of nitrogens with zero attached hydrogens (tertiary/aromatic N) is 3. The first kappa shape index (κ1) is 22.9. The molecule has 0 radical (unpaired) electrons. The Morgan fingerprint density at radius 3 is 2.48 bits per heavy atom. The highest BCUT2D eigenvalue weighted by molar-refractivity contribution is 7.90. The highest BCUT2D eigenvalue weighted by Gasteiger charge is 2.32. The summed E-state index contributed by atoms with van der Waals surface area (Å²) < 4.78 is 79.7. The molecule has 0 aliphatic rings. The number of carbonyl (C=O) groups excluding carboxylic acids is 1. The molecule has 4 rings (SSSR count). The lowest BCUT2D eigenvalue weighted by Crippen LogP contribution is -2.16. The highest BCUT2D eigenvalue weighted by atomic mass is 35.5. The Labute approximate surface area is 189 Å². The van der Waals surface area contributed by atoms with Crippen LogP contribution in [-0.4, -0.2) is 28.4 Å². The Kier molecular flexibility index (Phi) is 5.71. The van der Waals surface area contributed by atoms with Crippen molar-refractivity contribution in [3.8, 4) is 0 Å². The third-order valence-electron chi connectivity index (χ3n) is 4.75. The zero-order valence-electron chi connectivity index (χ0n) is 16.3. The molecular weight excluding hydrogens is 486 g/mol. The van der Waals surface area contributed by atoms with Gasteiger partial charge in [-0.1, -0.05) is 23.7 Å². The molecule has 0 saturated heterocycles. The molecular formula is C21H12ClF4N3O3S. The Hall–Kier alpha value is -3.31. The molecule has 0 fully saturated rings. The van der Waals surface area contributed by atoms with Crippen LogP contribution in [0.2, 0.25) is 5.02 Å². The molecule has 0 unspecified atom stereocenters. The summed E-state index contributed by atoms with van der Waals surface area (Å²) in [4.78, 5) is 16.0. The second-order valence-corrected chi connectivity index (χ2v) is 9.12. The summed E-state index contributed by atoms with van der Waals surface area (Å²) in [6.07, 6.45) is -2.70. The average molecular weight is 498 g/mol. The fourth-order valence-corrected chi connectivity index (χ4v) is 4.76. The lowest BCUT2D eigenvalue weighted by Gasteiger charge is -2.10. The maximum atomic E-state index is 14.0. The largest absolute Gasteiger partial charge is 0.416 e. The van der Waals surface area contributed by atoms with Gasteiger partial charge >= 0.3 is 6.18 Å². The van der Waals surface area contributed by atoms with E-state index < -0.39 is 44.7 Å². The van der Waals surface area contributed by atoms with Crippen molar-refractivity contribution in [1.29, 1.82) is 0 Å². The molecule has 6 nitrogen and oxygen atoms in total.